The largest absolute Gasteiger partial charge is 1.00 e. The Labute approximate surface area is 340 Å². The molecular formula is C38H52Cl6N6O2. The second-order valence-corrected chi connectivity index (χ2v) is 14.9. The molecule has 2 aliphatic heterocycles. The quantitative estimate of drug-likeness (QED) is 0.121. The number of quaternary nitrogens is 1. The average molecular weight is 838 g/mol. The number of nitrogens with one attached hydrogen (secondary N) is 2. The van der Waals surface area contributed by atoms with Gasteiger partial charge in [0.2, 0.25) is 11.8 Å². The number of alkyl halides is 1. The van der Waals surface area contributed by atoms with Crippen LogP contribution in [0.25, 0.3) is 11.4 Å². The topological polar surface area (TPSA) is 70.6 Å². The molecule has 0 bridgehead atoms. The molecule has 0 radical (unpaired) electrons. The summed E-state index contributed by atoms with van der Waals surface area (Å²) in [7, 11) is 0. The van der Waals surface area contributed by atoms with Gasteiger partial charge >= 0.3 is 0 Å². The summed E-state index contributed by atoms with van der Waals surface area (Å²) in [6.45, 7) is 11.7. The van der Waals surface area contributed by atoms with Gasteiger partial charge in [-0.05, 0) is 121 Å². The summed E-state index contributed by atoms with van der Waals surface area (Å²) in [5, 5.41) is 14.3. The van der Waals surface area contributed by atoms with E-state index in [2.05, 4.69) is 15.5 Å². The van der Waals surface area contributed by atoms with Crippen LogP contribution >= 0.6 is 58.0 Å². The number of piperidine rings is 2. The van der Waals surface area contributed by atoms with E-state index in [-0.39, 0.29) is 12.4 Å². The van der Waals surface area contributed by atoms with Crippen LogP contribution in [0.3, 0.4) is 0 Å². The Hall–Kier alpha value is -1.88. The summed E-state index contributed by atoms with van der Waals surface area (Å²) in [5.41, 5.74) is 3.71. The van der Waals surface area contributed by atoms with Crippen molar-refractivity contribution in [2.45, 2.75) is 78.1 Å². The molecule has 2 aromatic carbocycles. The van der Waals surface area contributed by atoms with E-state index >= 15 is 0 Å². The first-order valence-corrected chi connectivity index (χ1v) is 20.2. The Bertz CT molecular complexity index is 1600. The molecule has 4 heterocycles. The number of ether oxygens (including phenoxy) is 2. The van der Waals surface area contributed by atoms with Crippen LogP contribution < -0.4 is 32.1 Å². The van der Waals surface area contributed by atoms with E-state index < -0.39 is 0 Å². The summed E-state index contributed by atoms with van der Waals surface area (Å²) < 4.78 is 15.0. The van der Waals surface area contributed by atoms with Gasteiger partial charge in [0.05, 0.1) is 64.3 Å². The van der Waals surface area contributed by atoms with Gasteiger partial charge in [0.15, 0.2) is 0 Å². The van der Waals surface area contributed by atoms with Gasteiger partial charge in [-0.3, -0.25) is 0 Å². The van der Waals surface area contributed by atoms with Crippen LogP contribution in [0, 0.1) is 13.8 Å². The molecule has 4 aromatic rings. The number of unbranched alkanes of at least 4 members (excludes halogenated alkanes) is 2. The highest BCUT2D eigenvalue weighted by Gasteiger charge is 2.13. The minimum atomic E-state index is 0. The number of nitrogens with zero attached hydrogens (tertiary/aromatic N) is 4. The number of aromatic nitrogens is 4. The maximum Gasteiger partial charge on any atom is 0.233 e. The molecule has 0 unspecified atom stereocenters. The first kappa shape index (κ1) is 44.5. The maximum atomic E-state index is 6.10. The van der Waals surface area contributed by atoms with Crippen LogP contribution in [-0.2, 0) is 0 Å². The van der Waals surface area contributed by atoms with Crippen molar-refractivity contribution in [3.8, 4) is 23.1 Å². The first-order chi connectivity index (χ1) is 24.7. The van der Waals surface area contributed by atoms with Crippen molar-refractivity contribution in [3.63, 3.8) is 0 Å². The van der Waals surface area contributed by atoms with Crippen LogP contribution in [0.1, 0.15) is 75.6 Å². The molecule has 2 fully saturated rings. The average Bonchev–Trinajstić information content (AvgIpc) is 3.71. The minimum absolute atomic E-state index is 0. The number of hydrogen-bond acceptors (Lipinski definition) is 5. The normalized spacial score (nSPS) is 14.4. The molecule has 0 aliphatic carbocycles. The molecule has 0 spiro atoms. The van der Waals surface area contributed by atoms with Crippen LogP contribution in [-0.4, -0.2) is 71.4 Å². The van der Waals surface area contributed by atoms with E-state index in [1.807, 2.05) is 48.9 Å². The van der Waals surface area contributed by atoms with Gasteiger partial charge in [0.25, 0.3) is 0 Å². The van der Waals surface area contributed by atoms with Crippen molar-refractivity contribution < 1.29 is 26.8 Å². The molecule has 6 rings (SSSR count). The zero-order chi connectivity index (χ0) is 36.4. The SMILES string of the molecule is C1CCNCC1.Cc1cc(OCCCCCl)nn1-c1ccc(Cl)c(Cl)c1.Cc1cc(OCCCC[NH+]2CCCCC2)nn1-c1ccc(Cl)c(Cl)c1.[Cl-]. The molecule has 2 aliphatic rings. The van der Waals surface area contributed by atoms with E-state index in [1.54, 1.807) is 27.8 Å². The molecule has 0 saturated carbocycles. The van der Waals surface area contributed by atoms with Crippen LogP contribution in [0.15, 0.2) is 48.5 Å². The standard InChI is InChI=1S/C19H25Cl2N3O.C14H15Cl3N2O.C5H11N.ClH/c1-15-13-19(22-24(15)16-7-8-17(20)18(21)14-16)25-12-6-5-11-23-9-3-2-4-10-23;1-10-8-14(20-7-3-2-6-15)18-19(10)11-4-5-12(16)13(17)9-11;1-2-4-6-5-3-1;/h7-8,13-14H,2-6,9-12H2,1H3;4-5,8-9H,2-3,6-7H2,1H3;6H,1-5H2;1H. The lowest BCUT2D eigenvalue weighted by atomic mass is 10.1. The smallest absolute Gasteiger partial charge is 0.233 e. The van der Waals surface area contributed by atoms with E-state index in [1.165, 1.54) is 77.7 Å². The Kier molecular flexibility index (Phi) is 21.0. The number of hydrogen-bond donors (Lipinski definition) is 2. The molecule has 8 nitrogen and oxygen atoms in total. The molecular weight excluding hydrogens is 785 g/mol. The van der Waals surface area contributed by atoms with Crippen molar-refractivity contribution in [1.29, 1.82) is 0 Å². The molecule has 0 amide bonds. The second kappa shape index (κ2) is 24.5. The zero-order valence-electron chi connectivity index (χ0n) is 30.2. The number of benzene rings is 2. The van der Waals surface area contributed by atoms with Gasteiger partial charge in [-0.15, -0.1) is 21.8 Å². The zero-order valence-corrected chi connectivity index (χ0v) is 34.8. The van der Waals surface area contributed by atoms with E-state index in [9.17, 15) is 0 Å². The molecule has 2 saturated heterocycles. The third kappa shape index (κ3) is 15.1. The Morgan fingerprint density at radius 1 is 0.635 bits per heavy atom. The first-order valence-electron chi connectivity index (χ1n) is 18.1. The number of halogens is 6. The Morgan fingerprint density at radius 3 is 1.54 bits per heavy atom. The Balaban J connectivity index is 0.000000241. The van der Waals surface area contributed by atoms with Gasteiger partial charge < -0.3 is 32.1 Å². The summed E-state index contributed by atoms with van der Waals surface area (Å²) in [4.78, 5) is 1.76. The minimum Gasteiger partial charge on any atom is -1.00 e. The predicted octanol–water partition coefficient (Wildman–Crippen LogP) is 6.36. The van der Waals surface area contributed by atoms with Crippen molar-refractivity contribution in [2.75, 3.05) is 51.8 Å². The maximum absolute atomic E-state index is 6.10. The van der Waals surface area contributed by atoms with Crippen molar-refractivity contribution in [1.82, 2.24) is 24.9 Å². The Morgan fingerprint density at radius 2 is 1.12 bits per heavy atom. The van der Waals surface area contributed by atoms with Crippen LogP contribution in [0.5, 0.6) is 11.8 Å². The highest BCUT2D eigenvalue weighted by atomic mass is 35.5. The number of rotatable bonds is 13. The molecule has 2 aromatic heterocycles. The second-order valence-electron chi connectivity index (χ2n) is 12.9. The van der Waals surface area contributed by atoms with Gasteiger partial charge in [-0.2, -0.15) is 0 Å². The van der Waals surface area contributed by atoms with Gasteiger partial charge in [0, 0.05) is 29.4 Å². The predicted molar refractivity (Wildman–Crippen MR) is 213 cm³/mol. The molecule has 288 valence electrons. The molecule has 14 heteroatoms. The van der Waals surface area contributed by atoms with Crippen molar-refractivity contribution >= 4 is 58.0 Å². The fourth-order valence-corrected chi connectivity index (χ4v) is 6.69. The van der Waals surface area contributed by atoms with E-state index in [4.69, 9.17) is 67.5 Å². The van der Waals surface area contributed by atoms with Gasteiger partial charge in [-0.1, -0.05) is 52.8 Å². The lowest BCUT2D eigenvalue weighted by Gasteiger charge is -2.23. The third-order valence-corrected chi connectivity index (χ3v) is 10.5. The molecule has 2 N–H and O–H groups in total. The molecule has 52 heavy (non-hydrogen) atoms. The van der Waals surface area contributed by atoms with Crippen molar-refractivity contribution in [2.24, 2.45) is 0 Å². The van der Waals surface area contributed by atoms with Gasteiger partial charge in [-0.25, -0.2) is 9.36 Å². The fraction of sp³-hybridized carbons (Fsp3) is 0.526. The number of likely N-dealkylation sites (tertiary alicyclic amines) is 1. The molecule has 0 atom stereocenters. The lowest BCUT2D eigenvalue weighted by molar-refractivity contribution is -0.905. The summed E-state index contributed by atoms with van der Waals surface area (Å²) in [5.74, 6) is 1.91. The fourth-order valence-electron chi connectivity index (χ4n) is 5.92. The summed E-state index contributed by atoms with van der Waals surface area (Å²) in [6, 6.07) is 14.7. The van der Waals surface area contributed by atoms with E-state index in [0.717, 1.165) is 42.0 Å². The van der Waals surface area contributed by atoms with Crippen LogP contribution in [0.2, 0.25) is 20.1 Å². The monoisotopic (exact) mass is 834 g/mol. The van der Waals surface area contributed by atoms with Crippen LogP contribution in [0.4, 0.5) is 0 Å². The third-order valence-electron chi connectivity index (χ3n) is 8.75. The van der Waals surface area contributed by atoms with Gasteiger partial charge in [0.1, 0.15) is 0 Å². The highest BCUT2D eigenvalue weighted by molar-refractivity contribution is 6.42. The summed E-state index contributed by atoms with van der Waals surface area (Å²) in [6.07, 6.45) is 12.5. The summed E-state index contributed by atoms with van der Waals surface area (Å²) >= 11 is 29.6. The lowest BCUT2D eigenvalue weighted by Crippen LogP contribution is -3.12. The number of aryl methyl sites for hydroxylation is 2. The van der Waals surface area contributed by atoms with E-state index in [0.29, 0.717) is 50.9 Å². The van der Waals surface area contributed by atoms with Crippen molar-refractivity contribution in [3.05, 3.63) is 80.0 Å². The highest BCUT2D eigenvalue weighted by Crippen LogP contribution is 2.27.